The fraction of sp³-hybridized carbons (Fsp3) is 0.200. The van der Waals surface area contributed by atoms with Crippen LogP contribution in [-0.4, -0.2) is 0 Å². The van der Waals surface area contributed by atoms with Gasteiger partial charge in [-0.25, -0.2) is 0 Å². The fourth-order valence-electron chi connectivity index (χ4n) is 1.51. The van der Waals surface area contributed by atoms with Crippen LogP contribution in [0.4, 0.5) is 0 Å². The van der Waals surface area contributed by atoms with Gasteiger partial charge in [0.15, 0.2) is 0 Å². The Balaban J connectivity index is 2.62. The van der Waals surface area contributed by atoms with Crippen LogP contribution in [-0.2, 0) is 0 Å². The lowest BCUT2D eigenvalue weighted by atomic mass is 10.0. The zero-order chi connectivity index (χ0) is 7.84. The molecule has 1 aliphatic rings. The molecule has 0 radical (unpaired) electrons. The summed E-state index contributed by atoms with van der Waals surface area (Å²) in [5, 5.41) is 0.896. The van der Waals surface area contributed by atoms with E-state index < -0.39 is 0 Å². The first-order chi connectivity index (χ1) is 5.29. The van der Waals surface area contributed by atoms with Crippen molar-refractivity contribution in [2.24, 2.45) is 0 Å². The maximum Gasteiger partial charge on any atom is 0.0447 e. The Morgan fingerprint density at radius 1 is 1.27 bits per heavy atom. The zero-order valence-electron chi connectivity index (χ0n) is 6.34. The van der Waals surface area contributed by atoms with Gasteiger partial charge >= 0.3 is 0 Å². The molecule has 0 bridgehead atoms. The Morgan fingerprint density at radius 2 is 2.00 bits per heavy atom. The lowest BCUT2D eigenvalue weighted by molar-refractivity contribution is 0.990. The summed E-state index contributed by atoms with van der Waals surface area (Å²) in [5.74, 6) is 0.485. The third-order valence-electron chi connectivity index (χ3n) is 2.10. The van der Waals surface area contributed by atoms with E-state index >= 15 is 0 Å². The molecule has 0 saturated heterocycles. The maximum absolute atomic E-state index is 6.00. The van der Waals surface area contributed by atoms with Crippen LogP contribution in [0.15, 0.2) is 30.3 Å². The van der Waals surface area contributed by atoms with Crippen LogP contribution in [0.2, 0.25) is 0 Å². The Bertz CT molecular complexity index is 312. The number of rotatable bonds is 0. The van der Waals surface area contributed by atoms with E-state index in [9.17, 15) is 0 Å². The van der Waals surface area contributed by atoms with Crippen molar-refractivity contribution in [3.05, 3.63) is 41.5 Å². The van der Waals surface area contributed by atoms with Crippen LogP contribution in [0.25, 0.3) is 5.03 Å². The molecule has 56 valence electrons. The minimum absolute atomic E-state index is 0.485. The molecule has 1 aliphatic carbocycles. The molecule has 0 spiro atoms. The first kappa shape index (κ1) is 6.93. The average Bonchev–Trinajstić information content (AvgIpc) is 2.30. The largest absolute Gasteiger partial charge is 0.0840 e. The quantitative estimate of drug-likeness (QED) is 0.552. The lowest BCUT2D eigenvalue weighted by Crippen LogP contribution is -1.84. The van der Waals surface area contributed by atoms with Crippen LogP contribution in [0.3, 0.4) is 0 Å². The molecule has 0 aliphatic heterocycles. The van der Waals surface area contributed by atoms with Crippen molar-refractivity contribution in [1.29, 1.82) is 0 Å². The number of fused-ring (bicyclic) bond motifs is 1. The van der Waals surface area contributed by atoms with Gasteiger partial charge in [-0.15, -0.1) is 0 Å². The maximum atomic E-state index is 6.00. The Labute approximate surface area is 71.5 Å². The Morgan fingerprint density at radius 3 is 2.73 bits per heavy atom. The molecular weight excluding hydrogens is 156 g/mol. The second kappa shape index (κ2) is 2.38. The highest BCUT2D eigenvalue weighted by molar-refractivity contribution is 6.49. The first-order valence-electron chi connectivity index (χ1n) is 3.75. The van der Waals surface area contributed by atoms with E-state index in [0.29, 0.717) is 5.92 Å². The molecule has 11 heavy (non-hydrogen) atoms. The third kappa shape index (κ3) is 0.982. The van der Waals surface area contributed by atoms with Gasteiger partial charge in [0.05, 0.1) is 0 Å². The molecule has 1 aromatic carbocycles. The lowest BCUT2D eigenvalue weighted by Gasteiger charge is -2.01. The average molecular weight is 165 g/mol. The zero-order valence-corrected chi connectivity index (χ0v) is 7.10. The molecule has 0 nitrogen and oxygen atoms in total. The number of halogens is 1. The van der Waals surface area contributed by atoms with Crippen molar-refractivity contribution >= 4 is 16.6 Å². The highest BCUT2D eigenvalue weighted by Gasteiger charge is 2.16. The number of allylic oxidation sites excluding steroid dienone is 1. The van der Waals surface area contributed by atoms with Crippen molar-refractivity contribution in [2.75, 3.05) is 0 Å². The number of hydrogen-bond donors (Lipinski definition) is 0. The molecule has 0 N–H and O–H groups in total. The molecule has 0 fully saturated rings. The molecule has 1 atom stereocenters. The Hall–Kier alpha value is -0.750. The minimum Gasteiger partial charge on any atom is -0.0840 e. The summed E-state index contributed by atoms with van der Waals surface area (Å²) in [7, 11) is 0. The minimum atomic E-state index is 0.485. The van der Waals surface area contributed by atoms with E-state index in [4.69, 9.17) is 11.6 Å². The van der Waals surface area contributed by atoms with Crippen molar-refractivity contribution in [2.45, 2.75) is 12.8 Å². The fourth-order valence-corrected chi connectivity index (χ4v) is 1.87. The van der Waals surface area contributed by atoms with Gasteiger partial charge in [-0.3, -0.25) is 0 Å². The third-order valence-corrected chi connectivity index (χ3v) is 2.43. The molecule has 0 amide bonds. The summed E-state index contributed by atoms with van der Waals surface area (Å²) < 4.78 is 0. The molecule has 0 aromatic heterocycles. The van der Waals surface area contributed by atoms with E-state index in [1.54, 1.807) is 0 Å². The van der Waals surface area contributed by atoms with Crippen molar-refractivity contribution in [3.63, 3.8) is 0 Å². The van der Waals surface area contributed by atoms with Gasteiger partial charge in [-0.2, -0.15) is 0 Å². The standard InChI is InChI=1S/C10H9Cl/c1-7-6-10(11)9-5-3-2-4-8(7)9/h2-7H,1H3/t7-/m0/s1. The van der Waals surface area contributed by atoms with Gasteiger partial charge in [0.2, 0.25) is 0 Å². The van der Waals surface area contributed by atoms with E-state index in [0.717, 1.165) is 5.03 Å². The molecule has 2 rings (SSSR count). The molecule has 1 aromatic rings. The van der Waals surface area contributed by atoms with E-state index in [1.165, 1.54) is 11.1 Å². The van der Waals surface area contributed by atoms with Gasteiger partial charge in [-0.05, 0) is 11.1 Å². The van der Waals surface area contributed by atoms with Gasteiger partial charge in [0.1, 0.15) is 0 Å². The SMILES string of the molecule is C[C@H]1C=C(Cl)c2ccccc21. The second-order valence-corrected chi connectivity index (χ2v) is 3.30. The highest BCUT2D eigenvalue weighted by Crippen LogP contribution is 2.37. The smallest absolute Gasteiger partial charge is 0.0447 e. The van der Waals surface area contributed by atoms with Crippen molar-refractivity contribution in [1.82, 2.24) is 0 Å². The van der Waals surface area contributed by atoms with Gasteiger partial charge in [0, 0.05) is 11.0 Å². The Kier molecular flexibility index (Phi) is 1.50. The van der Waals surface area contributed by atoms with Crippen LogP contribution in [0.5, 0.6) is 0 Å². The van der Waals surface area contributed by atoms with E-state index in [1.807, 2.05) is 6.07 Å². The summed E-state index contributed by atoms with van der Waals surface area (Å²) in [6.45, 7) is 2.16. The van der Waals surface area contributed by atoms with E-state index in [-0.39, 0.29) is 0 Å². The predicted molar refractivity (Wildman–Crippen MR) is 48.7 cm³/mol. The molecule has 0 saturated carbocycles. The molecule has 1 heteroatoms. The van der Waals surface area contributed by atoms with E-state index in [2.05, 4.69) is 31.2 Å². The second-order valence-electron chi connectivity index (χ2n) is 2.89. The van der Waals surface area contributed by atoms with Crippen LogP contribution in [0, 0.1) is 0 Å². The van der Waals surface area contributed by atoms with Gasteiger partial charge in [-0.1, -0.05) is 48.9 Å². The predicted octanol–water partition coefficient (Wildman–Crippen LogP) is 3.38. The summed E-state index contributed by atoms with van der Waals surface area (Å²) in [6.07, 6.45) is 2.09. The number of benzene rings is 1. The molecular formula is C10H9Cl. The topological polar surface area (TPSA) is 0 Å². The first-order valence-corrected chi connectivity index (χ1v) is 4.13. The summed E-state index contributed by atoms with van der Waals surface area (Å²) >= 11 is 6.00. The summed E-state index contributed by atoms with van der Waals surface area (Å²) in [4.78, 5) is 0. The van der Waals surface area contributed by atoms with Gasteiger partial charge in [0.25, 0.3) is 0 Å². The van der Waals surface area contributed by atoms with Gasteiger partial charge < -0.3 is 0 Å². The summed E-state index contributed by atoms with van der Waals surface area (Å²) in [6, 6.07) is 8.27. The van der Waals surface area contributed by atoms with Crippen LogP contribution < -0.4 is 0 Å². The molecule has 0 heterocycles. The normalized spacial score (nSPS) is 21.3. The van der Waals surface area contributed by atoms with Crippen LogP contribution >= 0.6 is 11.6 Å². The van der Waals surface area contributed by atoms with Crippen molar-refractivity contribution < 1.29 is 0 Å². The number of hydrogen-bond acceptors (Lipinski definition) is 0. The molecule has 0 unspecified atom stereocenters. The van der Waals surface area contributed by atoms with Crippen molar-refractivity contribution in [3.8, 4) is 0 Å². The monoisotopic (exact) mass is 164 g/mol. The highest BCUT2D eigenvalue weighted by atomic mass is 35.5. The van der Waals surface area contributed by atoms with Crippen LogP contribution in [0.1, 0.15) is 24.0 Å². The summed E-state index contributed by atoms with van der Waals surface area (Å²) in [5.41, 5.74) is 2.54.